The van der Waals surface area contributed by atoms with Crippen LogP contribution in [0.5, 0.6) is 0 Å². The molecule has 0 bridgehead atoms. The van der Waals surface area contributed by atoms with E-state index in [0.29, 0.717) is 5.56 Å². The summed E-state index contributed by atoms with van der Waals surface area (Å²) in [6.45, 7) is 1.70. The summed E-state index contributed by atoms with van der Waals surface area (Å²) in [4.78, 5) is 25.6. The maximum Gasteiger partial charge on any atom is 0.333 e. The van der Waals surface area contributed by atoms with E-state index in [9.17, 15) is 9.59 Å². The summed E-state index contributed by atoms with van der Waals surface area (Å²) < 4.78 is 10.6. The first-order valence-electron chi connectivity index (χ1n) is 8.98. The highest BCUT2D eigenvalue weighted by molar-refractivity contribution is 5.96. The molecule has 1 amide bonds. The van der Waals surface area contributed by atoms with Crippen LogP contribution < -0.4 is 5.32 Å². The fourth-order valence-corrected chi connectivity index (χ4v) is 3.28. The van der Waals surface area contributed by atoms with Crippen LogP contribution in [0.1, 0.15) is 24.1 Å². The Bertz CT molecular complexity index is 981. The lowest BCUT2D eigenvalue weighted by Crippen LogP contribution is -2.47. The lowest BCUT2D eigenvalue weighted by atomic mass is 9.89. The van der Waals surface area contributed by atoms with Crippen LogP contribution in [0.25, 0.3) is 10.8 Å². The minimum absolute atomic E-state index is 0.425. The number of amides is 1. The zero-order chi connectivity index (χ0) is 20.1. The third-order valence-electron chi connectivity index (χ3n) is 4.99. The molecule has 0 fully saturated rings. The van der Waals surface area contributed by atoms with Crippen LogP contribution in [0.4, 0.5) is 0 Å². The highest BCUT2D eigenvalue weighted by Crippen LogP contribution is 2.32. The summed E-state index contributed by atoms with van der Waals surface area (Å²) in [6, 6.07) is 21.6. The van der Waals surface area contributed by atoms with Gasteiger partial charge in [-0.2, -0.15) is 0 Å². The minimum Gasteiger partial charge on any atom is -0.467 e. The van der Waals surface area contributed by atoms with Crippen molar-refractivity contribution in [2.24, 2.45) is 0 Å². The number of hydrogen-bond donors (Lipinski definition) is 1. The van der Waals surface area contributed by atoms with E-state index in [0.717, 1.165) is 16.3 Å². The fraction of sp³-hybridized carbons (Fsp3) is 0.217. The van der Waals surface area contributed by atoms with Gasteiger partial charge >= 0.3 is 5.97 Å². The van der Waals surface area contributed by atoms with Gasteiger partial charge in [0.15, 0.2) is 11.6 Å². The normalized spacial score (nSPS) is 14.1. The van der Waals surface area contributed by atoms with Gasteiger partial charge in [-0.15, -0.1) is 0 Å². The number of fused-ring (bicyclic) bond motifs is 1. The van der Waals surface area contributed by atoms with Crippen LogP contribution in [0.15, 0.2) is 72.8 Å². The molecule has 3 rings (SSSR count). The van der Waals surface area contributed by atoms with Crippen molar-refractivity contribution in [3.63, 3.8) is 0 Å². The average molecular weight is 377 g/mol. The van der Waals surface area contributed by atoms with E-state index in [1.165, 1.54) is 14.2 Å². The molecular weight excluding hydrogens is 354 g/mol. The Labute approximate surface area is 164 Å². The smallest absolute Gasteiger partial charge is 0.333 e. The van der Waals surface area contributed by atoms with Gasteiger partial charge in [-0.05, 0) is 23.3 Å². The van der Waals surface area contributed by atoms with Gasteiger partial charge in [0.1, 0.15) is 0 Å². The van der Waals surface area contributed by atoms with Gasteiger partial charge in [0, 0.05) is 12.7 Å². The Morgan fingerprint density at radius 1 is 0.893 bits per heavy atom. The third kappa shape index (κ3) is 3.62. The molecule has 0 aliphatic rings. The Balaban J connectivity index is 2.01. The lowest BCUT2D eigenvalue weighted by molar-refractivity contribution is -0.151. The molecule has 0 saturated carbocycles. The first-order chi connectivity index (χ1) is 13.5. The van der Waals surface area contributed by atoms with E-state index >= 15 is 0 Å². The van der Waals surface area contributed by atoms with Crippen LogP contribution in [-0.4, -0.2) is 26.1 Å². The number of esters is 1. The van der Waals surface area contributed by atoms with Gasteiger partial charge in [-0.25, -0.2) is 4.79 Å². The van der Waals surface area contributed by atoms with Crippen LogP contribution >= 0.6 is 0 Å². The van der Waals surface area contributed by atoms with Crippen molar-refractivity contribution in [3.05, 3.63) is 83.9 Å². The number of carbonyl (C=O) groups excluding carboxylic acids is 2. The van der Waals surface area contributed by atoms with Gasteiger partial charge in [0.05, 0.1) is 7.11 Å². The molecule has 1 N–H and O–H groups in total. The van der Waals surface area contributed by atoms with Crippen molar-refractivity contribution < 1.29 is 19.1 Å². The van der Waals surface area contributed by atoms with Crippen LogP contribution in [0, 0.1) is 0 Å². The molecule has 144 valence electrons. The van der Waals surface area contributed by atoms with Crippen molar-refractivity contribution in [3.8, 4) is 0 Å². The van der Waals surface area contributed by atoms with Crippen molar-refractivity contribution in [2.75, 3.05) is 14.2 Å². The second-order valence-corrected chi connectivity index (χ2v) is 6.60. The maximum atomic E-state index is 13.3. The fourth-order valence-electron chi connectivity index (χ4n) is 3.28. The summed E-state index contributed by atoms with van der Waals surface area (Å²) >= 11 is 0. The SMILES string of the molecule is COC(=O)[C@H](NC(=O)[C@@](C)(OC)c1cccc2ccccc12)c1ccccc1. The van der Waals surface area contributed by atoms with E-state index in [-0.39, 0.29) is 0 Å². The number of nitrogens with one attached hydrogen (secondary N) is 1. The zero-order valence-electron chi connectivity index (χ0n) is 16.1. The van der Waals surface area contributed by atoms with E-state index in [2.05, 4.69) is 5.32 Å². The number of carbonyl (C=O) groups is 2. The average Bonchev–Trinajstić information content (AvgIpc) is 2.76. The minimum atomic E-state index is -1.29. The summed E-state index contributed by atoms with van der Waals surface area (Å²) in [6.07, 6.45) is 0. The molecule has 0 radical (unpaired) electrons. The molecule has 0 saturated heterocycles. The van der Waals surface area contributed by atoms with Crippen LogP contribution in [0.3, 0.4) is 0 Å². The number of ether oxygens (including phenoxy) is 2. The van der Waals surface area contributed by atoms with Gasteiger partial charge < -0.3 is 14.8 Å². The molecule has 28 heavy (non-hydrogen) atoms. The van der Waals surface area contributed by atoms with Gasteiger partial charge in [-0.3, -0.25) is 4.79 Å². The van der Waals surface area contributed by atoms with E-state index < -0.39 is 23.5 Å². The largest absolute Gasteiger partial charge is 0.467 e. The molecule has 0 heterocycles. The summed E-state index contributed by atoms with van der Waals surface area (Å²) in [7, 11) is 2.78. The molecule has 0 unspecified atom stereocenters. The van der Waals surface area contributed by atoms with Crippen molar-refractivity contribution >= 4 is 22.6 Å². The van der Waals surface area contributed by atoms with Gasteiger partial charge in [0.25, 0.3) is 5.91 Å². The van der Waals surface area contributed by atoms with Gasteiger partial charge in [0.2, 0.25) is 0 Å². The maximum absolute atomic E-state index is 13.3. The molecular formula is C23H23NO4. The first-order valence-corrected chi connectivity index (χ1v) is 8.98. The quantitative estimate of drug-likeness (QED) is 0.665. The van der Waals surface area contributed by atoms with Crippen molar-refractivity contribution in [1.82, 2.24) is 5.32 Å². The highest BCUT2D eigenvalue weighted by atomic mass is 16.5. The van der Waals surface area contributed by atoms with Crippen molar-refractivity contribution in [2.45, 2.75) is 18.6 Å². The van der Waals surface area contributed by atoms with Crippen LogP contribution in [0.2, 0.25) is 0 Å². The topological polar surface area (TPSA) is 64.6 Å². The molecule has 0 aromatic heterocycles. The first kappa shape index (κ1) is 19.6. The number of methoxy groups -OCH3 is 2. The van der Waals surface area contributed by atoms with Crippen LogP contribution in [-0.2, 0) is 24.7 Å². The monoisotopic (exact) mass is 377 g/mol. The summed E-state index contributed by atoms with van der Waals surface area (Å²) in [5, 5.41) is 4.72. The number of benzene rings is 3. The van der Waals surface area contributed by atoms with Crippen molar-refractivity contribution in [1.29, 1.82) is 0 Å². The van der Waals surface area contributed by atoms with E-state index in [1.54, 1.807) is 31.2 Å². The van der Waals surface area contributed by atoms with E-state index in [1.807, 2.05) is 48.5 Å². The summed E-state index contributed by atoms with van der Waals surface area (Å²) in [5.74, 6) is -0.971. The highest BCUT2D eigenvalue weighted by Gasteiger charge is 2.39. The molecule has 3 aromatic rings. The molecule has 5 nitrogen and oxygen atoms in total. The Hall–Kier alpha value is -3.18. The second-order valence-electron chi connectivity index (χ2n) is 6.60. The molecule has 0 aliphatic heterocycles. The summed E-state index contributed by atoms with van der Waals surface area (Å²) in [5.41, 5.74) is 0.0726. The third-order valence-corrected chi connectivity index (χ3v) is 4.99. The Morgan fingerprint density at radius 3 is 2.21 bits per heavy atom. The molecule has 3 aromatic carbocycles. The molecule has 5 heteroatoms. The predicted octanol–water partition coefficient (Wildman–Crippen LogP) is 3.73. The lowest BCUT2D eigenvalue weighted by Gasteiger charge is -2.30. The Morgan fingerprint density at radius 2 is 1.54 bits per heavy atom. The zero-order valence-corrected chi connectivity index (χ0v) is 16.1. The number of hydrogen-bond acceptors (Lipinski definition) is 4. The molecule has 0 spiro atoms. The molecule has 2 atom stereocenters. The Kier molecular flexibility index (Phi) is 5.76. The van der Waals surface area contributed by atoms with E-state index in [4.69, 9.17) is 9.47 Å². The number of rotatable bonds is 6. The second kappa shape index (κ2) is 8.23. The standard InChI is InChI=1S/C23H23NO4/c1-23(28-3,19-15-9-13-16-10-7-8-14-18(16)19)22(26)24-20(21(25)27-2)17-11-5-4-6-12-17/h4-15,20H,1-3H3,(H,24,26)/t20-,23+/m1/s1. The van der Waals surface area contributed by atoms with Gasteiger partial charge in [-0.1, -0.05) is 72.8 Å². The predicted molar refractivity (Wildman–Crippen MR) is 108 cm³/mol. The molecule has 0 aliphatic carbocycles.